The lowest BCUT2D eigenvalue weighted by atomic mass is 9.95. The molecule has 16 heavy (non-hydrogen) atoms. The second-order valence-corrected chi connectivity index (χ2v) is 3.28. The Morgan fingerprint density at radius 3 is 2.25 bits per heavy atom. The Morgan fingerprint density at radius 2 is 1.81 bits per heavy atom. The van der Waals surface area contributed by atoms with E-state index < -0.39 is 17.4 Å². The van der Waals surface area contributed by atoms with E-state index in [4.69, 9.17) is 5.11 Å². The van der Waals surface area contributed by atoms with Crippen LogP contribution in [-0.4, -0.2) is 29.6 Å². The number of ketones is 1. The first-order valence-electron chi connectivity index (χ1n) is 4.57. The van der Waals surface area contributed by atoms with E-state index in [-0.39, 0.29) is 5.56 Å². The van der Waals surface area contributed by atoms with Crippen molar-refractivity contribution in [1.29, 1.82) is 0 Å². The summed E-state index contributed by atoms with van der Waals surface area (Å²) in [5, 5.41) is 8.97. The lowest BCUT2D eigenvalue weighted by molar-refractivity contribution is -0.318. The molecule has 0 saturated carbocycles. The predicted molar refractivity (Wildman–Crippen MR) is 54.9 cm³/mol. The maximum Gasteiger partial charge on any atom is 0.347 e. The molecule has 0 aliphatic carbocycles. The van der Waals surface area contributed by atoms with Gasteiger partial charge in [0, 0.05) is 5.56 Å². The summed E-state index contributed by atoms with van der Waals surface area (Å²) in [7, 11) is 1.15. The molecule has 1 N–H and O–H groups in total. The maximum atomic E-state index is 11.9. The topological polar surface area (TPSA) is 72.8 Å². The molecule has 1 rings (SSSR count). The molecule has 0 heterocycles. The number of carbonyl (C=O) groups excluding carboxylic acids is 1. The van der Waals surface area contributed by atoms with Crippen molar-refractivity contribution in [2.24, 2.45) is 0 Å². The van der Waals surface area contributed by atoms with Crippen molar-refractivity contribution in [2.45, 2.75) is 12.5 Å². The molecule has 1 aromatic rings. The number of hydrogen-bond donors (Lipinski definition) is 1. The summed E-state index contributed by atoms with van der Waals surface area (Å²) in [6, 6.07) is 8.04. The molecule has 0 spiro atoms. The van der Waals surface area contributed by atoms with Crippen LogP contribution in [0.2, 0.25) is 0 Å². The normalized spacial score (nSPS) is 14.1. The lowest BCUT2D eigenvalue weighted by Gasteiger charge is -2.21. The van der Waals surface area contributed by atoms with Gasteiger partial charge in [0.05, 0.1) is 7.11 Å². The Balaban J connectivity index is 3.06. The number of benzene rings is 1. The fourth-order valence-electron chi connectivity index (χ4n) is 1.20. The summed E-state index contributed by atoms with van der Waals surface area (Å²) in [6.45, 7) is 1.15. The monoisotopic (exact) mass is 224 g/mol. The van der Waals surface area contributed by atoms with Crippen LogP contribution < -0.4 is 0 Å². The summed E-state index contributed by atoms with van der Waals surface area (Å²) in [4.78, 5) is 31.8. The molecule has 5 heteroatoms. The Labute approximate surface area is 92.5 Å². The molecule has 0 aliphatic heterocycles. The Hall–Kier alpha value is -1.72. The molecule has 0 bridgehead atoms. The number of carboxylic acid groups (broad SMARTS) is 1. The van der Waals surface area contributed by atoms with Gasteiger partial charge in [-0.05, 0) is 6.92 Å². The van der Waals surface area contributed by atoms with Crippen LogP contribution in [0.15, 0.2) is 30.3 Å². The molecule has 1 unspecified atom stereocenters. The highest BCUT2D eigenvalue weighted by Crippen LogP contribution is 2.18. The van der Waals surface area contributed by atoms with Gasteiger partial charge < -0.3 is 5.11 Å². The van der Waals surface area contributed by atoms with Crippen LogP contribution in [-0.2, 0) is 14.6 Å². The first kappa shape index (κ1) is 12.4. The van der Waals surface area contributed by atoms with Gasteiger partial charge in [-0.2, -0.15) is 0 Å². The zero-order chi connectivity index (χ0) is 12.2. The van der Waals surface area contributed by atoms with Gasteiger partial charge in [0.25, 0.3) is 5.60 Å². The van der Waals surface area contributed by atoms with Crippen molar-refractivity contribution >= 4 is 11.8 Å². The van der Waals surface area contributed by atoms with Crippen molar-refractivity contribution in [2.75, 3.05) is 7.11 Å². The van der Waals surface area contributed by atoms with Gasteiger partial charge in [-0.25, -0.2) is 14.6 Å². The second-order valence-electron chi connectivity index (χ2n) is 3.28. The molecule has 0 aliphatic rings. The van der Waals surface area contributed by atoms with Crippen molar-refractivity contribution in [3.63, 3.8) is 0 Å². The van der Waals surface area contributed by atoms with Crippen molar-refractivity contribution in [3.05, 3.63) is 35.9 Å². The fourth-order valence-corrected chi connectivity index (χ4v) is 1.20. The summed E-state index contributed by atoms with van der Waals surface area (Å²) < 4.78 is 0. The van der Waals surface area contributed by atoms with Gasteiger partial charge in [0.1, 0.15) is 0 Å². The standard InChI is InChI=1S/C11H12O5/c1-11(10(13)14,16-15-2)9(12)8-6-4-3-5-7-8/h3-7H,1-2H3,(H,13,14). The van der Waals surface area contributed by atoms with E-state index >= 15 is 0 Å². The van der Waals surface area contributed by atoms with Crippen LogP contribution in [0.1, 0.15) is 17.3 Å². The van der Waals surface area contributed by atoms with E-state index in [1.165, 1.54) is 12.1 Å². The third kappa shape index (κ3) is 2.26. The van der Waals surface area contributed by atoms with Crippen LogP contribution >= 0.6 is 0 Å². The number of carbonyl (C=O) groups is 2. The van der Waals surface area contributed by atoms with Gasteiger partial charge in [0.2, 0.25) is 5.78 Å². The van der Waals surface area contributed by atoms with E-state index in [0.717, 1.165) is 14.0 Å². The van der Waals surface area contributed by atoms with Gasteiger partial charge in [-0.1, -0.05) is 30.3 Å². The van der Waals surface area contributed by atoms with Crippen LogP contribution in [0.25, 0.3) is 0 Å². The molecule has 0 aromatic heterocycles. The largest absolute Gasteiger partial charge is 0.479 e. The lowest BCUT2D eigenvalue weighted by Crippen LogP contribution is -2.46. The molecule has 5 nitrogen and oxygen atoms in total. The van der Waals surface area contributed by atoms with Gasteiger partial charge >= 0.3 is 5.97 Å². The van der Waals surface area contributed by atoms with E-state index in [1.807, 2.05) is 0 Å². The van der Waals surface area contributed by atoms with E-state index in [2.05, 4.69) is 9.78 Å². The number of carboxylic acids is 1. The zero-order valence-electron chi connectivity index (χ0n) is 8.97. The van der Waals surface area contributed by atoms with Gasteiger partial charge in [-0.3, -0.25) is 4.79 Å². The van der Waals surface area contributed by atoms with Crippen molar-refractivity contribution < 1.29 is 24.5 Å². The minimum atomic E-state index is -2.03. The Bertz CT molecular complexity index is 387. The molecule has 0 radical (unpaired) electrons. The summed E-state index contributed by atoms with van der Waals surface area (Å²) in [5.41, 5.74) is -1.78. The molecule has 1 atom stereocenters. The van der Waals surface area contributed by atoms with Crippen LogP contribution in [0.4, 0.5) is 0 Å². The number of hydrogen-bond acceptors (Lipinski definition) is 4. The quantitative estimate of drug-likeness (QED) is 0.353. The molecule has 86 valence electrons. The second kappa shape index (κ2) is 4.87. The predicted octanol–water partition coefficient (Wildman–Crippen LogP) is 1.29. The maximum absolute atomic E-state index is 11.9. The average Bonchev–Trinajstić information content (AvgIpc) is 2.29. The molecule has 1 aromatic carbocycles. The Morgan fingerprint density at radius 1 is 1.25 bits per heavy atom. The van der Waals surface area contributed by atoms with Crippen molar-refractivity contribution in [1.82, 2.24) is 0 Å². The van der Waals surface area contributed by atoms with Gasteiger partial charge in [0.15, 0.2) is 0 Å². The third-order valence-corrected chi connectivity index (χ3v) is 2.13. The molecule has 0 fully saturated rings. The molecule has 0 saturated heterocycles. The van der Waals surface area contributed by atoms with Gasteiger partial charge in [-0.15, -0.1) is 0 Å². The summed E-state index contributed by atoms with van der Waals surface area (Å²) >= 11 is 0. The smallest absolute Gasteiger partial charge is 0.347 e. The van der Waals surface area contributed by atoms with Crippen LogP contribution in [0.3, 0.4) is 0 Å². The van der Waals surface area contributed by atoms with Crippen molar-refractivity contribution in [3.8, 4) is 0 Å². The van der Waals surface area contributed by atoms with E-state index in [1.54, 1.807) is 18.2 Å². The van der Waals surface area contributed by atoms with Crippen LogP contribution in [0, 0.1) is 0 Å². The number of aliphatic carboxylic acids is 1. The first-order valence-corrected chi connectivity index (χ1v) is 4.57. The zero-order valence-corrected chi connectivity index (χ0v) is 8.97. The van der Waals surface area contributed by atoms with E-state index in [9.17, 15) is 9.59 Å². The Kier molecular flexibility index (Phi) is 3.76. The highest BCUT2D eigenvalue weighted by Gasteiger charge is 2.44. The highest BCUT2D eigenvalue weighted by atomic mass is 17.2. The molecular formula is C11H12O5. The SMILES string of the molecule is COOC(C)(C(=O)O)C(=O)c1ccccc1. The van der Waals surface area contributed by atoms with Crippen LogP contribution in [0.5, 0.6) is 0 Å². The highest BCUT2D eigenvalue weighted by molar-refractivity contribution is 6.14. The first-order chi connectivity index (χ1) is 7.52. The fraction of sp³-hybridized carbons (Fsp3) is 0.273. The third-order valence-electron chi connectivity index (χ3n) is 2.13. The summed E-state index contributed by atoms with van der Waals surface area (Å²) in [6.07, 6.45) is 0. The minimum absolute atomic E-state index is 0.254. The molecule has 0 amide bonds. The van der Waals surface area contributed by atoms with E-state index in [0.29, 0.717) is 0 Å². The summed E-state index contributed by atoms with van der Waals surface area (Å²) in [5.74, 6) is -2.06. The molecular weight excluding hydrogens is 212 g/mol. The minimum Gasteiger partial charge on any atom is -0.479 e. The number of Topliss-reactive ketones (excluding diaryl/α,β-unsaturated/α-hetero) is 1. The number of rotatable bonds is 5. The average molecular weight is 224 g/mol.